The molecule has 1 fully saturated rings. The van der Waals surface area contributed by atoms with Crippen LogP contribution in [0.1, 0.15) is 25.7 Å². The van der Waals surface area contributed by atoms with Crippen LogP contribution in [-0.4, -0.2) is 88.1 Å². The van der Waals surface area contributed by atoms with Gasteiger partial charge in [0.1, 0.15) is 18.1 Å². The van der Waals surface area contributed by atoms with Crippen LogP contribution < -0.4 is 21.3 Å². The summed E-state index contributed by atoms with van der Waals surface area (Å²) in [5.74, 6) is -5.02. The van der Waals surface area contributed by atoms with Gasteiger partial charge in [0.15, 0.2) is 0 Å². The highest BCUT2D eigenvalue weighted by Crippen LogP contribution is 2.05. The second kappa shape index (κ2) is 12.2. The number of aliphatic hydroxyl groups is 1. The van der Waals surface area contributed by atoms with Crippen LogP contribution in [0.25, 0.3) is 0 Å². The van der Waals surface area contributed by atoms with Crippen molar-refractivity contribution in [1.82, 2.24) is 21.3 Å². The van der Waals surface area contributed by atoms with Crippen molar-refractivity contribution in [3.63, 3.8) is 0 Å². The largest absolute Gasteiger partial charge is 0.481 e. The van der Waals surface area contributed by atoms with Crippen LogP contribution in [0.15, 0.2) is 0 Å². The monoisotopic (exact) mass is 434 g/mol. The molecule has 0 aromatic carbocycles. The van der Waals surface area contributed by atoms with Crippen molar-refractivity contribution in [3.8, 4) is 0 Å². The Balaban J connectivity index is 2.66. The quantitative estimate of drug-likeness (QED) is 0.148. The Morgan fingerprint density at radius 3 is 2.10 bits per heavy atom. The van der Waals surface area contributed by atoms with Gasteiger partial charge < -0.3 is 36.6 Å². The van der Waals surface area contributed by atoms with E-state index in [0.29, 0.717) is 13.0 Å². The molecule has 1 aliphatic rings. The first-order valence-electron chi connectivity index (χ1n) is 9.00. The normalized spacial score (nSPS) is 18.9. The smallest absolute Gasteiger partial charge is 0.326 e. The standard InChI is InChI=1S/C16H26N4O8S/c21-6-10(19-13(24)8-2-1-5-17-8)14(25)20-11(7-29)15(26)18-9(16(27)28)3-4-12(22)23/h8-11,17,21,29H,1-7H2,(H,18,26)(H,19,24)(H,20,25)(H,22,23)(H,27,28). The molecule has 1 rings (SSSR count). The molecule has 1 saturated heterocycles. The van der Waals surface area contributed by atoms with Crippen molar-refractivity contribution in [3.05, 3.63) is 0 Å². The van der Waals surface area contributed by atoms with Crippen molar-refractivity contribution in [2.45, 2.75) is 49.9 Å². The van der Waals surface area contributed by atoms with Gasteiger partial charge in [0.05, 0.1) is 12.6 Å². The van der Waals surface area contributed by atoms with E-state index in [1.165, 1.54) is 0 Å². The molecule has 0 radical (unpaired) electrons. The van der Waals surface area contributed by atoms with E-state index in [4.69, 9.17) is 10.2 Å². The Kier molecular flexibility index (Phi) is 10.4. The zero-order chi connectivity index (χ0) is 22.0. The summed E-state index contributed by atoms with van der Waals surface area (Å²) in [4.78, 5) is 58.5. The van der Waals surface area contributed by atoms with Crippen LogP contribution in [0.2, 0.25) is 0 Å². The summed E-state index contributed by atoms with van der Waals surface area (Å²) in [7, 11) is 0. The number of hydrogen-bond donors (Lipinski definition) is 8. The zero-order valence-corrected chi connectivity index (χ0v) is 16.5. The van der Waals surface area contributed by atoms with Gasteiger partial charge in [-0.1, -0.05) is 0 Å². The Morgan fingerprint density at radius 2 is 1.62 bits per heavy atom. The van der Waals surface area contributed by atoms with Gasteiger partial charge in [-0.05, 0) is 25.8 Å². The predicted octanol–water partition coefficient (Wildman–Crippen LogP) is -2.94. The number of amides is 3. The topological polar surface area (TPSA) is 194 Å². The van der Waals surface area contributed by atoms with Crippen molar-refractivity contribution < 1.29 is 39.3 Å². The zero-order valence-electron chi connectivity index (χ0n) is 15.6. The second-order valence-electron chi connectivity index (χ2n) is 6.47. The molecule has 0 spiro atoms. The summed E-state index contributed by atoms with van der Waals surface area (Å²) < 4.78 is 0. The predicted molar refractivity (Wildman–Crippen MR) is 102 cm³/mol. The Labute approximate surface area is 172 Å². The average Bonchev–Trinajstić information content (AvgIpc) is 3.21. The lowest BCUT2D eigenvalue weighted by Gasteiger charge is -2.23. The Bertz CT molecular complexity index is 626. The number of hydrogen-bond acceptors (Lipinski definition) is 8. The van der Waals surface area contributed by atoms with Gasteiger partial charge in [-0.15, -0.1) is 0 Å². The molecule has 12 nitrogen and oxygen atoms in total. The number of carboxylic acids is 2. The molecule has 13 heteroatoms. The average molecular weight is 434 g/mol. The fraction of sp³-hybridized carbons (Fsp3) is 0.688. The molecule has 0 aromatic heterocycles. The summed E-state index contributed by atoms with van der Waals surface area (Å²) in [5.41, 5.74) is 0. The lowest BCUT2D eigenvalue weighted by molar-refractivity contribution is -0.143. The van der Waals surface area contributed by atoms with E-state index >= 15 is 0 Å². The molecule has 3 amide bonds. The van der Waals surface area contributed by atoms with Crippen molar-refractivity contribution in [2.24, 2.45) is 0 Å². The van der Waals surface area contributed by atoms with Crippen molar-refractivity contribution in [2.75, 3.05) is 18.9 Å². The third-order valence-electron chi connectivity index (χ3n) is 4.27. The molecule has 0 aromatic rings. The Hall–Kier alpha value is -2.38. The highest BCUT2D eigenvalue weighted by Gasteiger charge is 2.30. The third kappa shape index (κ3) is 8.25. The fourth-order valence-electron chi connectivity index (χ4n) is 2.64. The molecule has 1 aliphatic heterocycles. The lowest BCUT2D eigenvalue weighted by Crippen LogP contribution is -2.58. The molecule has 7 N–H and O–H groups in total. The molecule has 29 heavy (non-hydrogen) atoms. The highest BCUT2D eigenvalue weighted by molar-refractivity contribution is 7.80. The van der Waals surface area contributed by atoms with Gasteiger partial charge in [0.25, 0.3) is 0 Å². The summed E-state index contributed by atoms with van der Waals surface area (Å²) >= 11 is 3.95. The number of carboxylic acid groups (broad SMARTS) is 2. The minimum Gasteiger partial charge on any atom is -0.481 e. The van der Waals surface area contributed by atoms with Gasteiger partial charge in [0, 0.05) is 12.2 Å². The molecular formula is C16H26N4O8S. The van der Waals surface area contributed by atoms with Crippen LogP contribution >= 0.6 is 12.6 Å². The lowest BCUT2D eigenvalue weighted by atomic mass is 10.1. The van der Waals surface area contributed by atoms with Gasteiger partial charge >= 0.3 is 11.9 Å². The number of carbonyl (C=O) groups excluding carboxylic acids is 3. The number of aliphatic hydroxyl groups excluding tert-OH is 1. The summed E-state index contributed by atoms with van der Waals surface area (Å²) in [6, 6.07) is -4.48. The first-order valence-corrected chi connectivity index (χ1v) is 9.63. The van der Waals surface area contributed by atoms with E-state index < -0.39 is 66.9 Å². The maximum atomic E-state index is 12.3. The SMILES string of the molecule is O=C(O)CCC(NC(=O)C(CS)NC(=O)C(CO)NC(=O)C1CCCN1)C(=O)O. The summed E-state index contributed by atoms with van der Waals surface area (Å²) in [6.07, 6.45) is 0.596. The van der Waals surface area contributed by atoms with Crippen molar-refractivity contribution >= 4 is 42.3 Å². The van der Waals surface area contributed by atoms with Crippen molar-refractivity contribution in [1.29, 1.82) is 0 Å². The number of aliphatic carboxylic acids is 2. The minimum absolute atomic E-state index is 0.195. The maximum Gasteiger partial charge on any atom is 0.326 e. The van der Waals surface area contributed by atoms with Crippen LogP contribution in [0.5, 0.6) is 0 Å². The molecule has 164 valence electrons. The molecular weight excluding hydrogens is 408 g/mol. The number of thiol groups is 1. The minimum atomic E-state index is -1.46. The van der Waals surface area contributed by atoms with Gasteiger partial charge in [-0.3, -0.25) is 19.2 Å². The number of carbonyl (C=O) groups is 5. The Morgan fingerprint density at radius 1 is 1.00 bits per heavy atom. The third-order valence-corrected chi connectivity index (χ3v) is 4.63. The number of nitrogens with one attached hydrogen (secondary N) is 4. The van der Waals surface area contributed by atoms with E-state index in [9.17, 15) is 29.1 Å². The summed E-state index contributed by atoms with van der Waals surface area (Å²) in [5, 5.41) is 36.9. The molecule has 1 heterocycles. The number of rotatable bonds is 12. The fourth-order valence-corrected chi connectivity index (χ4v) is 2.90. The molecule has 4 atom stereocenters. The van der Waals surface area contributed by atoms with Gasteiger partial charge in [-0.25, -0.2) is 4.79 Å². The summed E-state index contributed by atoms with van der Waals surface area (Å²) in [6.45, 7) is -0.0375. The van der Waals surface area contributed by atoms with Crippen LogP contribution in [-0.2, 0) is 24.0 Å². The first kappa shape index (κ1) is 24.7. The molecule has 0 aliphatic carbocycles. The van der Waals surface area contributed by atoms with Crippen LogP contribution in [0.3, 0.4) is 0 Å². The van der Waals surface area contributed by atoms with Gasteiger partial charge in [-0.2, -0.15) is 12.6 Å². The van der Waals surface area contributed by atoms with E-state index in [-0.39, 0.29) is 12.2 Å². The van der Waals surface area contributed by atoms with E-state index in [1.54, 1.807) is 0 Å². The van der Waals surface area contributed by atoms with Crippen LogP contribution in [0, 0.1) is 0 Å². The molecule has 4 unspecified atom stereocenters. The van der Waals surface area contributed by atoms with E-state index in [2.05, 4.69) is 33.9 Å². The van der Waals surface area contributed by atoms with E-state index in [1.807, 2.05) is 0 Å². The first-order chi connectivity index (χ1) is 13.7. The molecule has 0 bridgehead atoms. The van der Waals surface area contributed by atoms with Gasteiger partial charge in [0.2, 0.25) is 17.7 Å². The maximum absolute atomic E-state index is 12.3. The second-order valence-corrected chi connectivity index (χ2v) is 6.83. The molecule has 0 saturated carbocycles. The highest BCUT2D eigenvalue weighted by atomic mass is 32.1. The van der Waals surface area contributed by atoms with Crippen LogP contribution in [0.4, 0.5) is 0 Å². The van der Waals surface area contributed by atoms with E-state index in [0.717, 1.165) is 6.42 Å².